The highest BCUT2D eigenvalue weighted by Crippen LogP contribution is 2.17. The summed E-state index contributed by atoms with van der Waals surface area (Å²) in [6, 6.07) is 7.20. The van der Waals surface area contributed by atoms with Crippen LogP contribution in [-0.4, -0.2) is 31.3 Å². The number of aliphatic hydroxyl groups excluding tert-OH is 1. The number of aliphatic imine (C=N–C) groups is 1. The Hall–Kier alpha value is -2.01. The van der Waals surface area contributed by atoms with Crippen LogP contribution in [0.1, 0.15) is 18.6 Å². The molecule has 5 nitrogen and oxygen atoms in total. The maximum atomic E-state index is 9.96. The molecule has 1 atom stereocenters. The lowest BCUT2D eigenvalue weighted by Gasteiger charge is -2.10. The molecular formula is C14H21N3O2. The van der Waals surface area contributed by atoms with Gasteiger partial charge >= 0.3 is 0 Å². The summed E-state index contributed by atoms with van der Waals surface area (Å²) in [5, 5.41) is 12.9. The van der Waals surface area contributed by atoms with Gasteiger partial charge in [-0.1, -0.05) is 24.3 Å². The molecule has 0 amide bonds. The topological polar surface area (TPSA) is 79.9 Å². The van der Waals surface area contributed by atoms with E-state index in [2.05, 4.69) is 16.9 Å². The molecule has 0 saturated heterocycles. The number of nitrogens with two attached hydrogens (primary N) is 1. The molecule has 0 aliphatic heterocycles. The summed E-state index contributed by atoms with van der Waals surface area (Å²) in [4.78, 5) is 4.08. The van der Waals surface area contributed by atoms with Crippen molar-refractivity contribution in [3.05, 3.63) is 42.0 Å². The minimum Gasteiger partial charge on any atom is -0.497 e. The molecule has 0 aromatic heterocycles. The van der Waals surface area contributed by atoms with Crippen molar-refractivity contribution in [2.24, 2.45) is 10.7 Å². The first-order chi connectivity index (χ1) is 9.02. The molecule has 1 aromatic rings. The predicted octanol–water partition coefficient (Wildman–Crippen LogP) is 1.21. The van der Waals surface area contributed by atoms with E-state index in [9.17, 15) is 5.11 Å². The van der Waals surface area contributed by atoms with Gasteiger partial charge in [-0.2, -0.15) is 0 Å². The first-order valence-electron chi connectivity index (χ1n) is 6.03. The number of rotatable bonds is 6. The number of aliphatic hydroxyl groups is 1. The van der Waals surface area contributed by atoms with Crippen LogP contribution in [0.25, 0.3) is 0 Å². The number of nitrogens with one attached hydrogen (secondary N) is 1. The Bertz CT molecular complexity index is 441. The van der Waals surface area contributed by atoms with Gasteiger partial charge in [0.05, 0.1) is 19.8 Å². The predicted molar refractivity (Wildman–Crippen MR) is 77.3 cm³/mol. The fraction of sp³-hybridized carbons (Fsp3) is 0.357. The average molecular weight is 263 g/mol. The number of guanidine groups is 1. The van der Waals surface area contributed by atoms with Crippen molar-refractivity contribution in [1.82, 2.24) is 5.32 Å². The van der Waals surface area contributed by atoms with Gasteiger partial charge in [0.15, 0.2) is 5.96 Å². The highest BCUT2D eigenvalue weighted by Gasteiger charge is 2.06. The van der Waals surface area contributed by atoms with Crippen molar-refractivity contribution < 1.29 is 9.84 Å². The quantitative estimate of drug-likeness (QED) is 0.409. The van der Waals surface area contributed by atoms with Crippen LogP contribution >= 0.6 is 0 Å². The maximum absolute atomic E-state index is 9.96. The lowest BCUT2D eigenvalue weighted by atomic mass is 10.1. The number of hydrogen-bond donors (Lipinski definition) is 3. The van der Waals surface area contributed by atoms with Crippen molar-refractivity contribution in [3.8, 4) is 5.75 Å². The van der Waals surface area contributed by atoms with Gasteiger partial charge in [-0.25, -0.2) is 0 Å². The Balaban J connectivity index is 2.51. The zero-order chi connectivity index (χ0) is 14.3. The van der Waals surface area contributed by atoms with Crippen LogP contribution in [0, 0.1) is 0 Å². The third kappa shape index (κ3) is 5.44. The highest BCUT2D eigenvalue weighted by atomic mass is 16.5. The van der Waals surface area contributed by atoms with Gasteiger partial charge in [0, 0.05) is 6.54 Å². The van der Waals surface area contributed by atoms with Crippen molar-refractivity contribution in [2.75, 3.05) is 20.2 Å². The van der Waals surface area contributed by atoms with E-state index >= 15 is 0 Å². The minimum absolute atomic E-state index is 0.210. The van der Waals surface area contributed by atoms with Crippen molar-refractivity contribution in [2.45, 2.75) is 13.0 Å². The first-order valence-corrected chi connectivity index (χ1v) is 6.03. The van der Waals surface area contributed by atoms with Gasteiger partial charge in [-0.3, -0.25) is 4.99 Å². The van der Waals surface area contributed by atoms with Gasteiger partial charge in [-0.05, 0) is 24.6 Å². The van der Waals surface area contributed by atoms with Gasteiger partial charge < -0.3 is 20.9 Å². The number of ether oxygens (including phenoxy) is 1. The summed E-state index contributed by atoms with van der Waals surface area (Å²) in [6.07, 6.45) is -0.684. The van der Waals surface area contributed by atoms with E-state index in [-0.39, 0.29) is 6.54 Å². The second kappa shape index (κ2) is 7.43. The molecule has 0 bridgehead atoms. The van der Waals surface area contributed by atoms with E-state index in [1.54, 1.807) is 31.4 Å². The fourth-order valence-electron chi connectivity index (χ4n) is 1.41. The third-order valence-corrected chi connectivity index (χ3v) is 2.51. The lowest BCUT2D eigenvalue weighted by molar-refractivity contribution is 0.187. The summed E-state index contributed by atoms with van der Waals surface area (Å²) in [6.45, 7) is 6.43. The van der Waals surface area contributed by atoms with Crippen molar-refractivity contribution >= 4 is 5.96 Å². The Morgan fingerprint density at radius 3 is 2.63 bits per heavy atom. The fourth-order valence-corrected chi connectivity index (χ4v) is 1.41. The van der Waals surface area contributed by atoms with Crippen LogP contribution in [0.15, 0.2) is 41.4 Å². The van der Waals surface area contributed by atoms with Gasteiger partial charge in [0.25, 0.3) is 0 Å². The zero-order valence-corrected chi connectivity index (χ0v) is 11.4. The largest absolute Gasteiger partial charge is 0.497 e. The molecule has 0 spiro atoms. The molecule has 19 heavy (non-hydrogen) atoms. The summed E-state index contributed by atoms with van der Waals surface area (Å²) >= 11 is 0. The molecule has 1 rings (SSSR count). The Kier molecular flexibility index (Phi) is 5.89. The number of nitrogens with zero attached hydrogens (tertiary/aromatic N) is 1. The van der Waals surface area contributed by atoms with Crippen LogP contribution < -0.4 is 15.8 Å². The summed E-state index contributed by atoms with van der Waals surface area (Å²) in [5.41, 5.74) is 7.40. The van der Waals surface area contributed by atoms with Crippen LogP contribution in [0.4, 0.5) is 0 Å². The molecule has 1 aromatic carbocycles. The SMILES string of the molecule is C=C(C)CNC(N)=NCC(O)c1ccc(OC)cc1. The number of methoxy groups -OCH3 is 1. The van der Waals surface area contributed by atoms with E-state index in [0.29, 0.717) is 12.5 Å². The monoisotopic (exact) mass is 263 g/mol. The summed E-state index contributed by atoms with van der Waals surface area (Å²) < 4.78 is 5.05. The molecule has 1 unspecified atom stereocenters. The van der Waals surface area contributed by atoms with Gasteiger partial charge in [0.2, 0.25) is 0 Å². The molecular weight excluding hydrogens is 242 g/mol. The Morgan fingerprint density at radius 2 is 2.11 bits per heavy atom. The number of benzene rings is 1. The third-order valence-electron chi connectivity index (χ3n) is 2.51. The van der Waals surface area contributed by atoms with Gasteiger partial charge in [-0.15, -0.1) is 0 Å². The molecule has 5 heteroatoms. The van der Waals surface area contributed by atoms with E-state index < -0.39 is 6.10 Å². The van der Waals surface area contributed by atoms with Crippen LogP contribution in [0.5, 0.6) is 5.75 Å². The van der Waals surface area contributed by atoms with Crippen molar-refractivity contribution in [1.29, 1.82) is 0 Å². The zero-order valence-electron chi connectivity index (χ0n) is 11.4. The molecule has 4 N–H and O–H groups in total. The maximum Gasteiger partial charge on any atom is 0.188 e. The second-order valence-corrected chi connectivity index (χ2v) is 4.33. The average Bonchev–Trinajstić information content (AvgIpc) is 2.42. The van der Waals surface area contributed by atoms with Crippen molar-refractivity contribution in [3.63, 3.8) is 0 Å². The molecule has 0 fully saturated rings. The van der Waals surface area contributed by atoms with Crippen LogP contribution in [0.2, 0.25) is 0 Å². The first kappa shape index (κ1) is 15.0. The van der Waals surface area contributed by atoms with Crippen LogP contribution in [-0.2, 0) is 0 Å². The molecule has 0 saturated carbocycles. The molecule has 0 aliphatic carbocycles. The Morgan fingerprint density at radius 1 is 1.47 bits per heavy atom. The summed E-state index contributed by atoms with van der Waals surface area (Å²) in [7, 11) is 1.60. The molecule has 104 valence electrons. The van der Waals surface area contributed by atoms with E-state index in [0.717, 1.165) is 16.9 Å². The Labute approximate surface area is 113 Å². The van der Waals surface area contributed by atoms with Gasteiger partial charge in [0.1, 0.15) is 5.75 Å². The summed E-state index contributed by atoms with van der Waals surface area (Å²) in [5.74, 6) is 1.05. The highest BCUT2D eigenvalue weighted by molar-refractivity contribution is 5.78. The molecule has 0 radical (unpaired) electrons. The minimum atomic E-state index is -0.684. The van der Waals surface area contributed by atoms with E-state index in [1.165, 1.54) is 0 Å². The standard InChI is InChI=1S/C14H21N3O2/c1-10(2)8-16-14(15)17-9-13(18)11-4-6-12(19-3)7-5-11/h4-7,13,18H,1,8-9H2,2-3H3,(H3,15,16,17). The normalized spacial score (nSPS) is 12.9. The lowest BCUT2D eigenvalue weighted by Crippen LogP contribution is -2.33. The smallest absolute Gasteiger partial charge is 0.188 e. The van der Waals surface area contributed by atoms with E-state index in [4.69, 9.17) is 10.5 Å². The molecule has 0 aliphatic rings. The number of hydrogen-bond acceptors (Lipinski definition) is 3. The second-order valence-electron chi connectivity index (χ2n) is 4.33. The molecule has 0 heterocycles. The van der Waals surface area contributed by atoms with E-state index in [1.807, 2.05) is 6.92 Å². The van der Waals surface area contributed by atoms with Crippen LogP contribution in [0.3, 0.4) is 0 Å².